The lowest BCUT2D eigenvalue weighted by Gasteiger charge is -2.27. The van der Waals surface area contributed by atoms with Gasteiger partial charge in [0.15, 0.2) is 0 Å². The predicted octanol–water partition coefficient (Wildman–Crippen LogP) is 5.57. The highest BCUT2D eigenvalue weighted by Gasteiger charge is 2.23. The molecule has 4 nitrogen and oxygen atoms in total. The first kappa shape index (κ1) is 17.8. The SMILES string of the molecule is C=C(C)c1cccc(C(C)(C)NC(=O)Nc2cccc3[nH]c(C)cc23)c1. The van der Waals surface area contributed by atoms with Crippen molar-refractivity contribution in [1.29, 1.82) is 0 Å². The number of rotatable bonds is 4. The Balaban J connectivity index is 1.80. The molecule has 1 aromatic heterocycles. The molecule has 0 aliphatic carbocycles. The Morgan fingerprint density at radius 2 is 1.85 bits per heavy atom. The lowest BCUT2D eigenvalue weighted by atomic mass is 9.92. The van der Waals surface area contributed by atoms with Gasteiger partial charge in [-0.25, -0.2) is 4.79 Å². The number of anilines is 1. The van der Waals surface area contributed by atoms with E-state index in [4.69, 9.17) is 0 Å². The van der Waals surface area contributed by atoms with Crippen molar-refractivity contribution in [3.05, 3.63) is 71.9 Å². The summed E-state index contributed by atoms with van der Waals surface area (Å²) < 4.78 is 0. The Morgan fingerprint density at radius 3 is 2.58 bits per heavy atom. The maximum absolute atomic E-state index is 12.6. The average Bonchev–Trinajstić information content (AvgIpc) is 2.96. The van der Waals surface area contributed by atoms with Crippen molar-refractivity contribution in [2.24, 2.45) is 0 Å². The van der Waals surface area contributed by atoms with Crippen molar-refractivity contribution in [3.63, 3.8) is 0 Å². The molecule has 0 saturated heterocycles. The molecule has 3 aromatic rings. The summed E-state index contributed by atoms with van der Waals surface area (Å²) in [5.41, 5.74) is 5.45. The van der Waals surface area contributed by atoms with E-state index in [2.05, 4.69) is 28.3 Å². The van der Waals surface area contributed by atoms with Crippen LogP contribution >= 0.6 is 0 Å². The van der Waals surface area contributed by atoms with Crippen molar-refractivity contribution >= 4 is 28.2 Å². The maximum atomic E-state index is 12.6. The number of aryl methyl sites for hydroxylation is 1. The fourth-order valence-electron chi connectivity index (χ4n) is 3.09. The number of H-pyrrole nitrogens is 1. The zero-order chi connectivity index (χ0) is 18.9. The number of amides is 2. The normalized spacial score (nSPS) is 11.4. The minimum atomic E-state index is -0.516. The van der Waals surface area contributed by atoms with Gasteiger partial charge in [0.2, 0.25) is 0 Å². The Kier molecular flexibility index (Phi) is 4.60. The molecule has 0 radical (unpaired) electrons. The number of hydrogen-bond donors (Lipinski definition) is 3. The molecule has 2 amide bonds. The van der Waals surface area contributed by atoms with E-state index in [1.165, 1.54) is 0 Å². The Hall–Kier alpha value is -3.01. The van der Waals surface area contributed by atoms with E-state index in [0.29, 0.717) is 0 Å². The van der Waals surface area contributed by atoms with Crippen LogP contribution in [0.3, 0.4) is 0 Å². The largest absolute Gasteiger partial charge is 0.359 e. The van der Waals surface area contributed by atoms with Crippen molar-refractivity contribution in [1.82, 2.24) is 10.3 Å². The van der Waals surface area contributed by atoms with E-state index >= 15 is 0 Å². The first-order valence-corrected chi connectivity index (χ1v) is 8.70. The van der Waals surface area contributed by atoms with Crippen LogP contribution in [-0.4, -0.2) is 11.0 Å². The molecule has 134 valence electrons. The van der Waals surface area contributed by atoms with Crippen molar-refractivity contribution in [2.45, 2.75) is 33.2 Å². The number of hydrogen-bond acceptors (Lipinski definition) is 1. The summed E-state index contributed by atoms with van der Waals surface area (Å²) in [6, 6.07) is 15.7. The molecule has 0 unspecified atom stereocenters. The predicted molar refractivity (Wildman–Crippen MR) is 109 cm³/mol. The molecule has 0 aliphatic rings. The average molecular weight is 347 g/mol. The van der Waals surface area contributed by atoms with Crippen molar-refractivity contribution in [2.75, 3.05) is 5.32 Å². The number of allylic oxidation sites excluding steroid dienone is 1. The van der Waals surface area contributed by atoms with Gasteiger partial charge in [-0.2, -0.15) is 0 Å². The minimum Gasteiger partial charge on any atom is -0.359 e. The van der Waals surface area contributed by atoms with E-state index in [1.54, 1.807) is 0 Å². The summed E-state index contributed by atoms with van der Waals surface area (Å²) in [6.07, 6.45) is 0. The Morgan fingerprint density at radius 1 is 1.12 bits per heavy atom. The molecule has 0 saturated carbocycles. The third kappa shape index (κ3) is 3.64. The van der Waals surface area contributed by atoms with Crippen LogP contribution < -0.4 is 10.6 Å². The molecule has 0 bridgehead atoms. The summed E-state index contributed by atoms with van der Waals surface area (Å²) in [4.78, 5) is 15.9. The van der Waals surface area contributed by atoms with E-state index in [9.17, 15) is 4.79 Å². The van der Waals surface area contributed by atoms with Crippen LogP contribution in [0.15, 0.2) is 55.1 Å². The van der Waals surface area contributed by atoms with Gasteiger partial charge in [-0.1, -0.05) is 36.4 Å². The molecule has 26 heavy (non-hydrogen) atoms. The Labute approximate surface area is 154 Å². The minimum absolute atomic E-state index is 0.234. The molecule has 3 rings (SSSR count). The zero-order valence-corrected chi connectivity index (χ0v) is 15.7. The molecule has 3 N–H and O–H groups in total. The highest BCUT2D eigenvalue weighted by atomic mass is 16.2. The number of urea groups is 1. The van der Waals surface area contributed by atoms with E-state index in [-0.39, 0.29) is 6.03 Å². The van der Waals surface area contributed by atoms with Crippen LogP contribution in [0.5, 0.6) is 0 Å². The van der Waals surface area contributed by atoms with Crippen molar-refractivity contribution in [3.8, 4) is 0 Å². The van der Waals surface area contributed by atoms with Crippen LogP contribution in [0.1, 0.15) is 37.6 Å². The van der Waals surface area contributed by atoms with Gasteiger partial charge in [-0.15, -0.1) is 0 Å². The van der Waals surface area contributed by atoms with Gasteiger partial charge in [0, 0.05) is 16.6 Å². The van der Waals surface area contributed by atoms with E-state index in [0.717, 1.165) is 39.0 Å². The molecular weight excluding hydrogens is 322 g/mol. The van der Waals surface area contributed by atoms with Crippen LogP contribution in [-0.2, 0) is 5.54 Å². The lowest BCUT2D eigenvalue weighted by Crippen LogP contribution is -2.43. The second-order valence-electron chi connectivity index (χ2n) is 7.28. The zero-order valence-electron chi connectivity index (χ0n) is 15.7. The molecule has 4 heteroatoms. The summed E-state index contributed by atoms with van der Waals surface area (Å²) in [7, 11) is 0. The van der Waals surface area contributed by atoms with Gasteiger partial charge < -0.3 is 15.6 Å². The number of benzene rings is 2. The summed E-state index contributed by atoms with van der Waals surface area (Å²) in [6.45, 7) is 12.0. The third-order valence-corrected chi connectivity index (χ3v) is 4.55. The topological polar surface area (TPSA) is 56.9 Å². The fraction of sp³-hybridized carbons (Fsp3) is 0.227. The summed E-state index contributed by atoms with van der Waals surface area (Å²) in [5.74, 6) is 0. The number of nitrogens with one attached hydrogen (secondary N) is 3. The molecule has 0 fully saturated rings. The first-order chi connectivity index (χ1) is 12.3. The first-order valence-electron chi connectivity index (χ1n) is 8.70. The standard InChI is InChI=1S/C22H25N3O/c1-14(2)16-8-6-9-17(13-16)22(4,5)25-21(26)24-20-11-7-10-19-18(20)12-15(3)23-19/h6-13,23H,1H2,2-5H3,(H2,24,25,26). The second kappa shape index (κ2) is 6.71. The van der Waals surface area contributed by atoms with Crippen LogP contribution in [0.25, 0.3) is 16.5 Å². The van der Waals surface area contributed by atoms with Crippen molar-refractivity contribution < 1.29 is 4.79 Å². The molecule has 0 atom stereocenters. The number of fused-ring (bicyclic) bond motifs is 1. The molecule has 0 spiro atoms. The van der Waals surface area contributed by atoms with E-state index < -0.39 is 5.54 Å². The number of carbonyl (C=O) groups excluding carboxylic acids is 1. The molecule has 1 heterocycles. The van der Waals surface area contributed by atoms with Gasteiger partial charge >= 0.3 is 6.03 Å². The number of aromatic nitrogens is 1. The van der Waals surface area contributed by atoms with E-state index in [1.807, 2.05) is 70.2 Å². The summed E-state index contributed by atoms with van der Waals surface area (Å²) >= 11 is 0. The van der Waals surface area contributed by atoms with Crippen LogP contribution in [0.4, 0.5) is 10.5 Å². The molecule has 2 aromatic carbocycles. The maximum Gasteiger partial charge on any atom is 0.319 e. The number of carbonyl (C=O) groups is 1. The highest BCUT2D eigenvalue weighted by Crippen LogP contribution is 2.26. The monoisotopic (exact) mass is 347 g/mol. The second-order valence-corrected chi connectivity index (χ2v) is 7.28. The van der Waals surface area contributed by atoms with Gasteiger partial charge in [0.25, 0.3) is 0 Å². The smallest absolute Gasteiger partial charge is 0.319 e. The quantitative estimate of drug-likeness (QED) is 0.568. The lowest BCUT2D eigenvalue weighted by molar-refractivity contribution is 0.242. The van der Waals surface area contributed by atoms with Crippen LogP contribution in [0, 0.1) is 6.92 Å². The van der Waals surface area contributed by atoms with Gasteiger partial charge in [-0.3, -0.25) is 0 Å². The van der Waals surface area contributed by atoms with Gasteiger partial charge in [-0.05, 0) is 63.1 Å². The highest BCUT2D eigenvalue weighted by molar-refractivity contribution is 6.01. The molecule has 0 aliphatic heterocycles. The summed E-state index contributed by atoms with van der Waals surface area (Å²) in [5, 5.41) is 7.04. The fourth-order valence-corrected chi connectivity index (χ4v) is 3.09. The Bertz CT molecular complexity index is 982. The van der Waals surface area contributed by atoms with Gasteiger partial charge in [0.1, 0.15) is 0 Å². The van der Waals surface area contributed by atoms with Gasteiger partial charge in [0.05, 0.1) is 11.2 Å². The van der Waals surface area contributed by atoms with Crippen LogP contribution in [0.2, 0.25) is 0 Å². The third-order valence-electron chi connectivity index (χ3n) is 4.55. The molecular formula is C22H25N3O. The number of aromatic amines is 1.